The Morgan fingerprint density at radius 2 is 0.840 bits per heavy atom. The molecule has 0 saturated carbocycles. The summed E-state index contributed by atoms with van der Waals surface area (Å²) >= 11 is 0. The van der Waals surface area contributed by atoms with Gasteiger partial charge in [-0.05, 0) is 96.5 Å². The molecule has 0 radical (unpaired) electrons. The van der Waals surface area contributed by atoms with Crippen LogP contribution in [0.3, 0.4) is 0 Å². The van der Waals surface area contributed by atoms with E-state index in [2.05, 4.69) is 13.2 Å². The Hall–Kier alpha value is -5.52. The molecule has 0 heterocycles. The van der Waals surface area contributed by atoms with Crippen molar-refractivity contribution in [3.63, 3.8) is 0 Å². The van der Waals surface area contributed by atoms with Crippen LogP contribution in [0.25, 0.3) is 33.4 Å². The van der Waals surface area contributed by atoms with Gasteiger partial charge in [0.25, 0.3) is 0 Å². The normalized spacial score (nSPS) is 10.8. The summed E-state index contributed by atoms with van der Waals surface area (Å²) < 4.78 is 107. The molecule has 0 aliphatic rings. The van der Waals surface area contributed by atoms with E-state index < -0.39 is 46.8 Å². The van der Waals surface area contributed by atoms with Gasteiger partial charge in [-0.1, -0.05) is 25.3 Å². The van der Waals surface area contributed by atoms with Gasteiger partial charge >= 0.3 is 11.9 Å². The first-order valence-corrected chi connectivity index (χ1v) is 15.4. The molecule has 4 aromatic rings. The number of halogens is 6. The predicted octanol–water partition coefficient (Wildman–Crippen LogP) is 9.30. The Kier molecular flexibility index (Phi) is 13.2. The summed E-state index contributed by atoms with van der Waals surface area (Å²) in [5.41, 5.74) is 1.19. The molecule has 12 heteroatoms. The molecule has 4 rings (SSSR count). The first-order valence-electron chi connectivity index (χ1n) is 15.4. The van der Waals surface area contributed by atoms with Crippen molar-refractivity contribution in [2.75, 3.05) is 26.4 Å². The van der Waals surface area contributed by atoms with E-state index in [1.165, 1.54) is 36.4 Å². The summed E-state index contributed by atoms with van der Waals surface area (Å²) in [5, 5.41) is 0. The lowest BCUT2D eigenvalue weighted by Crippen LogP contribution is -2.06. The first kappa shape index (κ1) is 37.3. The fourth-order valence-corrected chi connectivity index (χ4v) is 4.77. The van der Waals surface area contributed by atoms with E-state index in [0.717, 1.165) is 36.4 Å². The molecular weight excluding hydrogens is 666 g/mol. The number of carbonyl (C=O) groups is 2. The highest BCUT2D eigenvalue weighted by atomic mass is 19.2. The third-order valence-electron chi connectivity index (χ3n) is 7.30. The minimum absolute atomic E-state index is 0.00797. The fourth-order valence-electron chi connectivity index (χ4n) is 4.77. The van der Waals surface area contributed by atoms with Crippen LogP contribution in [-0.4, -0.2) is 38.4 Å². The third-order valence-corrected chi connectivity index (χ3v) is 7.30. The number of benzene rings is 4. The van der Waals surface area contributed by atoms with Gasteiger partial charge in [-0.3, -0.25) is 0 Å². The van der Waals surface area contributed by atoms with Gasteiger partial charge in [-0.25, -0.2) is 35.9 Å². The van der Waals surface area contributed by atoms with Crippen LogP contribution in [0.4, 0.5) is 26.3 Å². The summed E-state index contributed by atoms with van der Waals surface area (Å²) in [7, 11) is 0. The van der Waals surface area contributed by atoms with Gasteiger partial charge in [0.2, 0.25) is 0 Å². The number of unbranched alkanes of at least 4 members (excludes halogenated alkanes) is 2. The zero-order valence-corrected chi connectivity index (χ0v) is 26.7. The van der Waals surface area contributed by atoms with Crippen LogP contribution in [0.5, 0.6) is 11.5 Å². The molecule has 0 saturated heterocycles. The SMILES string of the molecule is C=CC(=O)OCCCCOc1ccc(-c2cc(F)c(F)c(F)c2)cc1-c1cc(-c2cc(F)c(F)c(F)c2)ccc1OCCCCOC(=O)C=C. The highest BCUT2D eigenvalue weighted by Gasteiger charge is 2.19. The average Bonchev–Trinajstić information content (AvgIpc) is 3.11. The molecule has 4 aromatic carbocycles. The lowest BCUT2D eigenvalue weighted by atomic mass is 9.94. The van der Waals surface area contributed by atoms with Gasteiger partial charge in [-0.15, -0.1) is 0 Å². The van der Waals surface area contributed by atoms with Gasteiger partial charge in [0.05, 0.1) is 26.4 Å². The zero-order chi connectivity index (χ0) is 36.2. The maximum absolute atomic E-state index is 14.2. The van der Waals surface area contributed by atoms with Crippen LogP contribution >= 0.6 is 0 Å². The Labute approximate surface area is 284 Å². The summed E-state index contributed by atoms with van der Waals surface area (Å²) in [6.45, 7) is 7.21. The van der Waals surface area contributed by atoms with Crippen molar-refractivity contribution in [3.8, 4) is 44.9 Å². The second-order valence-electron chi connectivity index (χ2n) is 10.8. The van der Waals surface area contributed by atoms with Gasteiger partial charge in [0.1, 0.15) is 11.5 Å². The van der Waals surface area contributed by atoms with Crippen LogP contribution in [-0.2, 0) is 19.1 Å². The number of hydrogen-bond donors (Lipinski definition) is 0. The van der Waals surface area contributed by atoms with Gasteiger partial charge in [0, 0.05) is 23.3 Å². The van der Waals surface area contributed by atoms with E-state index in [-0.39, 0.29) is 60.2 Å². The summed E-state index contributed by atoms with van der Waals surface area (Å²) in [6.07, 6.45) is 3.90. The van der Waals surface area contributed by atoms with Crippen molar-refractivity contribution in [2.45, 2.75) is 25.7 Å². The van der Waals surface area contributed by atoms with Crippen LogP contribution in [0, 0.1) is 34.9 Å². The fraction of sp³-hybridized carbons (Fsp3) is 0.211. The minimum Gasteiger partial charge on any atom is -0.493 e. The second-order valence-corrected chi connectivity index (χ2v) is 10.8. The van der Waals surface area contributed by atoms with Gasteiger partial charge in [0.15, 0.2) is 34.9 Å². The van der Waals surface area contributed by atoms with Gasteiger partial charge < -0.3 is 18.9 Å². The molecule has 50 heavy (non-hydrogen) atoms. The molecule has 262 valence electrons. The standard InChI is InChI=1S/C38H32F6O6/c1-3-35(45)49-15-7-5-13-47-33-11-9-23(25-19-29(39)37(43)30(40)20-25)17-27(33)28-18-24(26-21-31(41)38(44)32(42)22-26)10-12-34(28)48-14-6-8-16-50-36(46)4-2/h3-4,9-12,17-22H,1-2,5-8,13-16H2. The van der Waals surface area contributed by atoms with E-state index in [1.807, 2.05) is 0 Å². The summed E-state index contributed by atoms with van der Waals surface area (Å²) in [5.74, 6) is -9.44. The van der Waals surface area contributed by atoms with Crippen LogP contribution < -0.4 is 9.47 Å². The number of hydrogen-bond acceptors (Lipinski definition) is 6. The molecule has 0 unspecified atom stereocenters. The Morgan fingerprint density at radius 3 is 1.18 bits per heavy atom. The predicted molar refractivity (Wildman–Crippen MR) is 174 cm³/mol. The molecular formula is C38H32F6O6. The molecule has 0 bridgehead atoms. The monoisotopic (exact) mass is 698 g/mol. The second kappa shape index (κ2) is 17.8. The van der Waals surface area contributed by atoms with E-state index in [9.17, 15) is 35.9 Å². The molecule has 0 aliphatic carbocycles. The average molecular weight is 699 g/mol. The molecule has 0 atom stereocenters. The highest BCUT2D eigenvalue weighted by Crippen LogP contribution is 2.42. The number of rotatable bonds is 17. The van der Waals surface area contributed by atoms with Crippen LogP contribution in [0.2, 0.25) is 0 Å². The summed E-state index contributed by atoms with van der Waals surface area (Å²) in [6, 6.07) is 12.5. The minimum atomic E-state index is -1.63. The van der Waals surface area contributed by atoms with Crippen molar-refractivity contribution in [1.29, 1.82) is 0 Å². The lowest BCUT2D eigenvalue weighted by molar-refractivity contribution is -0.138. The van der Waals surface area contributed by atoms with Crippen molar-refractivity contribution in [3.05, 3.63) is 121 Å². The number of carbonyl (C=O) groups excluding carboxylic acids is 2. The highest BCUT2D eigenvalue weighted by molar-refractivity contribution is 5.84. The third kappa shape index (κ3) is 9.77. The Balaban J connectivity index is 1.75. The van der Waals surface area contributed by atoms with E-state index >= 15 is 0 Å². The van der Waals surface area contributed by atoms with E-state index in [0.29, 0.717) is 36.8 Å². The molecule has 0 aromatic heterocycles. The molecule has 0 aliphatic heterocycles. The largest absolute Gasteiger partial charge is 0.493 e. The van der Waals surface area contributed by atoms with Crippen molar-refractivity contribution < 1.29 is 54.9 Å². The Bertz CT molecular complexity index is 1690. The van der Waals surface area contributed by atoms with Crippen molar-refractivity contribution in [1.82, 2.24) is 0 Å². The topological polar surface area (TPSA) is 71.1 Å². The first-order chi connectivity index (χ1) is 24.0. The van der Waals surface area contributed by atoms with Crippen LogP contribution in [0.15, 0.2) is 86.0 Å². The smallest absolute Gasteiger partial charge is 0.330 e. The zero-order valence-electron chi connectivity index (χ0n) is 26.7. The van der Waals surface area contributed by atoms with Crippen molar-refractivity contribution in [2.24, 2.45) is 0 Å². The quantitative estimate of drug-likeness (QED) is 0.0360. The van der Waals surface area contributed by atoms with Gasteiger partial charge in [-0.2, -0.15) is 0 Å². The molecule has 0 fully saturated rings. The molecule has 6 nitrogen and oxygen atoms in total. The Morgan fingerprint density at radius 1 is 0.500 bits per heavy atom. The summed E-state index contributed by atoms with van der Waals surface area (Å²) in [4.78, 5) is 22.6. The van der Waals surface area contributed by atoms with Crippen molar-refractivity contribution >= 4 is 11.9 Å². The number of esters is 2. The molecule has 0 N–H and O–H groups in total. The number of ether oxygens (including phenoxy) is 4. The van der Waals surface area contributed by atoms with E-state index in [4.69, 9.17) is 18.9 Å². The molecule has 0 amide bonds. The maximum atomic E-state index is 14.2. The van der Waals surface area contributed by atoms with Crippen LogP contribution in [0.1, 0.15) is 25.7 Å². The molecule has 0 spiro atoms. The van der Waals surface area contributed by atoms with E-state index in [1.54, 1.807) is 0 Å². The lowest BCUT2D eigenvalue weighted by Gasteiger charge is -2.18. The maximum Gasteiger partial charge on any atom is 0.330 e.